The Kier molecular flexibility index (Phi) is 2.88. The van der Waals surface area contributed by atoms with Crippen LogP contribution in [0.4, 0.5) is 5.69 Å². The summed E-state index contributed by atoms with van der Waals surface area (Å²) in [6.07, 6.45) is 4.17. The summed E-state index contributed by atoms with van der Waals surface area (Å²) in [5.41, 5.74) is 2.70. The van der Waals surface area contributed by atoms with E-state index in [9.17, 15) is 0 Å². The van der Waals surface area contributed by atoms with E-state index in [1.54, 1.807) is 0 Å². The molecule has 0 radical (unpaired) electrons. The van der Waals surface area contributed by atoms with Crippen LogP contribution in [0.3, 0.4) is 0 Å². The number of anilines is 1. The molecule has 0 amide bonds. The first kappa shape index (κ1) is 10.9. The lowest BCUT2D eigenvalue weighted by Gasteiger charge is -2.31. The van der Waals surface area contributed by atoms with Gasteiger partial charge in [-0.3, -0.25) is 0 Å². The van der Waals surface area contributed by atoms with E-state index in [-0.39, 0.29) is 0 Å². The van der Waals surface area contributed by atoms with Crippen molar-refractivity contribution in [3.05, 3.63) is 28.8 Å². The summed E-state index contributed by atoms with van der Waals surface area (Å²) in [5, 5.41) is 1.76. The van der Waals surface area contributed by atoms with E-state index in [1.165, 1.54) is 37.1 Å². The quantitative estimate of drug-likeness (QED) is 0.739. The Labute approximate surface area is 110 Å². The molecule has 1 saturated carbocycles. The zero-order chi connectivity index (χ0) is 11.1. The second kappa shape index (κ2) is 4.23. The molecule has 2 aliphatic rings. The second-order valence-corrected chi connectivity index (χ2v) is 5.89. The van der Waals surface area contributed by atoms with Gasteiger partial charge in [-0.25, -0.2) is 0 Å². The molecule has 2 atom stereocenters. The second-order valence-electron chi connectivity index (χ2n) is 4.89. The molecular formula is C13H15BrClN. The fourth-order valence-electron chi connectivity index (χ4n) is 3.14. The number of alkyl halides is 1. The molecule has 1 heterocycles. The van der Waals surface area contributed by atoms with Gasteiger partial charge in [0.05, 0.1) is 0 Å². The number of nitrogens with zero attached hydrogens (tertiary/aromatic N) is 1. The van der Waals surface area contributed by atoms with Crippen molar-refractivity contribution in [1.29, 1.82) is 0 Å². The Hall–Kier alpha value is -0.210. The third-order valence-corrected chi connectivity index (χ3v) is 4.75. The van der Waals surface area contributed by atoms with Crippen molar-refractivity contribution < 1.29 is 0 Å². The molecule has 16 heavy (non-hydrogen) atoms. The summed E-state index contributed by atoms with van der Waals surface area (Å²) in [5.74, 6) is 0.923. The average Bonchev–Trinajstić information content (AvgIpc) is 2.90. The van der Waals surface area contributed by atoms with Crippen LogP contribution in [0, 0.1) is 5.92 Å². The molecule has 3 heteroatoms. The number of halogens is 2. The summed E-state index contributed by atoms with van der Waals surface area (Å²) in [6, 6.07) is 7.01. The van der Waals surface area contributed by atoms with Gasteiger partial charge in [-0.1, -0.05) is 33.6 Å². The summed E-state index contributed by atoms with van der Waals surface area (Å²) < 4.78 is 0. The molecule has 86 valence electrons. The van der Waals surface area contributed by atoms with Gasteiger partial charge in [-0.2, -0.15) is 0 Å². The molecule has 1 saturated heterocycles. The number of hydrogen-bond donors (Lipinski definition) is 0. The highest BCUT2D eigenvalue weighted by Crippen LogP contribution is 2.42. The van der Waals surface area contributed by atoms with E-state index in [0.29, 0.717) is 0 Å². The van der Waals surface area contributed by atoms with Crippen molar-refractivity contribution in [2.24, 2.45) is 5.92 Å². The molecular weight excluding hydrogens is 286 g/mol. The third kappa shape index (κ3) is 1.76. The van der Waals surface area contributed by atoms with E-state index >= 15 is 0 Å². The van der Waals surface area contributed by atoms with Gasteiger partial charge in [0.1, 0.15) is 0 Å². The zero-order valence-corrected chi connectivity index (χ0v) is 11.5. The predicted molar refractivity (Wildman–Crippen MR) is 72.6 cm³/mol. The van der Waals surface area contributed by atoms with Crippen LogP contribution < -0.4 is 4.90 Å². The van der Waals surface area contributed by atoms with Crippen LogP contribution in [0.2, 0.25) is 5.02 Å². The first-order valence-corrected chi connectivity index (χ1v) is 7.39. The summed E-state index contributed by atoms with van der Waals surface area (Å²) >= 11 is 9.68. The minimum atomic E-state index is 0.765. The van der Waals surface area contributed by atoms with Crippen LogP contribution in [-0.4, -0.2) is 12.6 Å². The minimum Gasteiger partial charge on any atom is -0.368 e. The summed E-state index contributed by atoms with van der Waals surface area (Å²) in [4.78, 5) is 2.57. The van der Waals surface area contributed by atoms with E-state index in [4.69, 9.17) is 11.6 Å². The largest absolute Gasteiger partial charge is 0.368 e. The maximum absolute atomic E-state index is 6.11. The SMILES string of the molecule is Clc1ccc(CBr)c(N2CC3CCC2C3)c1. The Bertz CT molecular complexity index is 407. The highest BCUT2D eigenvalue weighted by atomic mass is 79.9. The Balaban J connectivity index is 1.96. The van der Waals surface area contributed by atoms with Gasteiger partial charge in [0.2, 0.25) is 0 Å². The number of rotatable bonds is 2. The number of hydrogen-bond acceptors (Lipinski definition) is 1. The standard InChI is InChI=1S/C13H15BrClN/c14-7-10-2-3-11(15)6-13(10)16-8-9-1-4-12(16)5-9/h2-3,6,9,12H,1,4-5,7-8H2. The van der Waals surface area contributed by atoms with Crippen LogP contribution in [0.15, 0.2) is 18.2 Å². The van der Waals surface area contributed by atoms with Gasteiger partial charge in [-0.15, -0.1) is 0 Å². The molecule has 1 aliphatic heterocycles. The number of fused-ring (bicyclic) bond motifs is 2. The van der Waals surface area contributed by atoms with Crippen molar-refractivity contribution in [2.75, 3.05) is 11.4 Å². The van der Waals surface area contributed by atoms with Crippen molar-refractivity contribution in [1.82, 2.24) is 0 Å². The molecule has 2 unspecified atom stereocenters. The van der Waals surface area contributed by atoms with Crippen molar-refractivity contribution >= 4 is 33.2 Å². The first-order chi connectivity index (χ1) is 7.78. The fourth-order valence-corrected chi connectivity index (χ4v) is 3.78. The Morgan fingerprint density at radius 1 is 1.38 bits per heavy atom. The molecule has 0 spiro atoms. The van der Waals surface area contributed by atoms with Gasteiger partial charge >= 0.3 is 0 Å². The molecule has 1 nitrogen and oxygen atoms in total. The smallest absolute Gasteiger partial charge is 0.0426 e. The van der Waals surface area contributed by atoms with Crippen LogP contribution in [0.1, 0.15) is 24.8 Å². The third-order valence-electron chi connectivity index (χ3n) is 3.91. The lowest BCUT2D eigenvalue weighted by molar-refractivity contribution is 0.553. The van der Waals surface area contributed by atoms with E-state index in [2.05, 4.69) is 33.0 Å². The molecule has 0 N–H and O–H groups in total. The summed E-state index contributed by atoms with van der Waals surface area (Å²) in [6.45, 7) is 1.23. The molecule has 0 aromatic heterocycles. The molecule has 2 bridgehead atoms. The van der Waals surface area contributed by atoms with Gasteiger partial charge in [0, 0.05) is 28.6 Å². The van der Waals surface area contributed by atoms with Gasteiger partial charge in [0.15, 0.2) is 0 Å². The Morgan fingerprint density at radius 2 is 2.25 bits per heavy atom. The van der Waals surface area contributed by atoms with Gasteiger partial charge in [0.25, 0.3) is 0 Å². The predicted octanol–water partition coefficient (Wildman–Crippen LogP) is 4.22. The Morgan fingerprint density at radius 3 is 2.88 bits per heavy atom. The molecule has 2 fully saturated rings. The van der Waals surface area contributed by atoms with Crippen LogP contribution >= 0.6 is 27.5 Å². The summed E-state index contributed by atoms with van der Waals surface area (Å²) in [7, 11) is 0. The monoisotopic (exact) mass is 299 g/mol. The van der Waals surface area contributed by atoms with E-state index in [0.717, 1.165) is 22.3 Å². The normalized spacial score (nSPS) is 27.8. The fraction of sp³-hybridized carbons (Fsp3) is 0.538. The van der Waals surface area contributed by atoms with Crippen molar-refractivity contribution in [3.8, 4) is 0 Å². The minimum absolute atomic E-state index is 0.765. The van der Waals surface area contributed by atoms with E-state index in [1.807, 2.05) is 6.07 Å². The average molecular weight is 301 g/mol. The molecule has 1 aliphatic carbocycles. The van der Waals surface area contributed by atoms with Crippen LogP contribution in [0.25, 0.3) is 0 Å². The van der Waals surface area contributed by atoms with Crippen LogP contribution in [-0.2, 0) is 5.33 Å². The lowest BCUT2D eigenvalue weighted by Crippen LogP contribution is -2.32. The highest BCUT2D eigenvalue weighted by molar-refractivity contribution is 9.08. The topological polar surface area (TPSA) is 3.24 Å². The highest BCUT2D eigenvalue weighted by Gasteiger charge is 2.38. The molecule has 3 rings (SSSR count). The van der Waals surface area contributed by atoms with Crippen molar-refractivity contribution in [2.45, 2.75) is 30.6 Å². The van der Waals surface area contributed by atoms with Crippen molar-refractivity contribution in [3.63, 3.8) is 0 Å². The van der Waals surface area contributed by atoms with Gasteiger partial charge < -0.3 is 4.90 Å². The number of benzene rings is 1. The molecule has 1 aromatic rings. The lowest BCUT2D eigenvalue weighted by atomic mass is 10.1. The van der Waals surface area contributed by atoms with Gasteiger partial charge in [-0.05, 0) is 42.9 Å². The van der Waals surface area contributed by atoms with Crippen LogP contribution in [0.5, 0.6) is 0 Å². The zero-order valence-electron chi connectivity index (χ0n) is 9.13. The number of piperidine rings is 1. The maximum atomic E-state index is 6.11. The maximum Gasteiger partial charge on any atom is 0.0426 e. The molecule has 1 aromatic carbocycles. The first-order valence-electron chi connectivity index (χ1n) is 5.89. The van der Waals surface area contributed by atoms with E-state index < -0.39 is 0 Å².